The van der Waals surface area contributed by atoms with Crippen LogP contribution in [0.4, 0.5) is 0 Å². The molecule has 1 fully saturated rings. The van der Waals surface area contributed by atoms with Gasteiger partial charge in [-0.1, -0.05) is 48.7 Å². The molecule has 1 aliphatic heterocycles. The maximum Gasteiger partial charge on any atom is 0.306 e. The third-order valence-corrected chi connectivity index (χ3v) is 8.04. The molecule has 49 heavy (non-hydrogen) atoms. The second kappa shape index (κ2) is 19.1. The first-order valence-corrected chi connectivity index (χ1v) is 16.7. The lowest BCUT2D eigenvalue weighted by Crippen LogP contribution is -2.64. The summed E-state index contributed by atoms with van der Waals surface area (Å²) in [5.41, 5.74) is 1.27. The number of carbonyl (C=O) groups is 3. The van der Waals surface area contributed by atoms with Gasteiger partial charge in [0, 0.05) is 32.6 Å². The fraction of sp³-hybridized carbons (Fsp3) is 0.571. The molecule has 0 aliphatic carbocycles. The van der Waals surface area contributed by atoms with Crippen molar-refractivity contribution in [2.45, 2.75) is 109 Å². The molecule has 0 spiro atoms. The first kappa shape index (κ1) is 40.0. The second-order valence-corrected chi connectivity index (χ2v) is 13.2. The topological polar surface area (TPSA) is 182 Å². The molecule has 0 aromatic heterocycles. The number of unbranched alkanes of at least 4 members (excludes halogenated alkanes) is 3. The Bertz CT molecular complexity index is 1400. The summed E-state index contributed by atoms with van der Waals surface area (Å²) in [5, 5.41) is 35.9. The van der Waals surface area contributed by atoms with Crippen molar-refractivity contribution in [1.29, 1.82) is 0 Å². The molecule has 1 heterocycles. The zero-order chi connectivity index (χ0) is 36.1. The van der Waals surface area contributed by atoms with E-state index in [0.717, 1.165) is 36.8 Å². The maximum atomic E-state index is 13.2. The normalized spacial score (nSPS) is 20.7. The van der Waals surface area contributed by atoms with Crippen LogP contribution in [-0.4, -0.2) is 90.2 Å². The molecule has 2 aromatic carbocycles. The quantitative estimate of drug-likeness (QED) is 0.120. The van der Waals surface area contributed by atoms with E-state index in [0.29, 0.717) is 19.4 Å². The van der Waals surface area contributed by atoms with Crippen LogP contribution in [-0.2, 0) is 37.0 Å². The predicted molar refractivity (Wildman–Crippen MR) is 180 cm³/mol. The lowest BCUT2D eigenvalue weighted by atomic mass is 9.96. The van der Waals surface area contributed by atoms with E-state index in [-0.39, 0.29) is 40.6 Å². The van der Waals surface area contributed by atoms with Gasteiger partial charge < -0.3 is 49.6 Å². The number of hydrogen-bond donors (Lipinski definition) is 5. The fourth-order valence-electron chi connectivity index (χ4n) is 5.24. The van der Waals surface area contributed by atoms with Gasteiger partial charge in [0.25, 0.3) is 5.91 Å². The molecule has 2 amide bonds. The molecule has 0 saturated carbocycles. The standard InChI is InChI=1S/C35H49ClN2O11/c1-35(2,3)49-29(41)14-9-7-6-8-13-28(40)37-18-21-11-10-12-22(15-21)20-47-26-17-25(45-4)23(16-24(26)36)33(44)38-30-32(43)31(42)27(19-39)48-34(30)46-5/h10-12,15-17,27,30-32,34,39,42-43H,6-9,13-14,18-20H2,1-5H3,(H,37,40)(H,38,44)/t27-,30-,31-,32-,34+/m1/s1. The molecule has 2 aromatic rings. The number of nitrogens with one attached hydrogen (secondary N) is 2. The number of amides is 2. The molecule has 5 N–H and O–H groups in total. The SMILES string of the molecule is COc1cc(OCc2cccc(CNC(=O)CCCCCCC(=O)OC(C)(C)C)c2)c(Cl)cc1C(=O)N[C@H]1[C@@H](OC)O[C@H](CO)[C@@H](O)[C@@H]1O. The van der Waals surface area contributed by atoms with Crippen LogP contribution in [0, 0.1) is 0 Å². The monoisotopic (exact) mass is 708 g/mol. The number of ether oxygens (including phenoxy) is 5. The average Bonchev–Trinajstić information content (AvgIpc) is 3.06. The van der Waals surface area contributed by atoms with Crippen molar-refractivity contribution < 1.29 is 53.4 Å². The highest BCUT2D eigenvalue weighted by Gasteiger charge is 2.45. The van der Waals surface area contributed by atoms with Crippen molar-refractivity contribution in [3.05, 3.63) is 58.1 Å². The van der Waals surface area contributed by atoms with Crippen LogP contribution in [0.1, 0.15) is 80.8 Å². The van der Waals surface area contributed by atoms with Gasteiger partial charge in [0.15, 0.2) is 6.29 Å². The number of aliphatic hydroxyl groups is 3. The van der Waals surface area contributed by atoms with Gasteiger partial charge in [-0.2, -0.15) is 0 Å². The zero-order valence-corrected chi connectivity index (χ0v) is 29.5. The van der Waals surface area contributed by atoms with Gasteiger partial charge in [0.05, 0.1) is 24.3 Å². The Labute approximate surface area is 292 Å². The minimum atomic E-state index is -1.48. The van der Waals surface area contributed by atoms with Crippen molar-refractivity contribution >= 4 is 29.4 Å². The lowest BCUT2D eigenvalue weighted by molar-refractivity contribution is -0.261. The van der Waals surface area contributed by atoms with Crippen molar-refractivity contribution in [3.8, 4) is 11.5 Å². The Morgan fingerprint density at radius 1 is 0.939 bits per heavy atom. The summed E-state index contributed by atoms with van der Waals surface area (Å²) >= 11 is 6.48. The van der Waals surface area contributed by atoms with E-state index in [9.17, 15) is 29.7 Å². The summed E-state index contributed by atoms with van der Waals surface area (Å²) in [6, 6.07) is 9.21. The highest BCUT2D eigenvalue weighted by Crippen LogP contribution is 2.34. The molecule has 0 unspecified atom stereocenters. The van der Waals surface area contributed by atoms with Gasteiger partial charge >= 0.3 is 5.97 Å². The Morgan fingerprint density at radius 3 is 2.29 bits per heavy atom. The van der Waals surface area contributed by atoms with Gasteiger partial charge in [-0.15, -0.1) is 0 Å². The van der Waals surface area contributed by atoms with Crippen LogP contribution in [0.3, 0.4) is 0 Å². The van der Waals surface area contributed by atoms with Gasteiger partial charge in [0.2, 0.25) is 5.91 Å². The molecule has 3 rings (SSSR count). The van der Waals surface area contributed by atoms with Gasteiger partial charge in [-0.05, 0) is 50.8 Å². The second-order valence-electron chi connectivity index (χ2n) is 12.8. The largest absolute Gasteiger partial charge is 0.496 e. The molecule has 14 heteroatoms. The van der Waals surface area contributed by atoms with Crippen LogP contribution < -0.4 is 20.1 Å². The van der Waals surface area contributed by atoms with E-state index in [1.54, 1.807) is 0 Å². The number of aliphatic hydroxyl groups excluding tert-OH is 3. The fourth-order valence-corrected chi connectivity index (χ4v) is 5.46. The summed E-state index contributed by atoms with van der Waals surface area (Å²) in [7, 11) is 2.68. The van der Waals surface area contributed by atoms with Crippen LogP contribution in [0.15, 0.2) is 36.4 Å². The van der Waals surface area contributed by atoms with Gasteiger partial charge in [-0.25, -0.2) is 0 Å². The van der Waals surface area contributed by atoms with E-state index in [4.69, 9.17) is 35.3 Å². The van der Waals surface area contributed by atoms with E-state index in [1.807, 2.05) is 45.0 Å². The Hall–Kier alpha value is -3.46. The number of hydrogen-bond acceptors (Lipinski definition) is 11. The summed E-state index contributed by atoms with van der Waals surface area (Å²) in [6.45, 7) is 5.48. The van der Waals surface area contributed by atoms with Crippen LogP contribution in [0.5, 0.6) is 11.5 Å². The number of halogens is 1. The maximum absolute atomic E-state index is 13.2. The first-order chi connectivity index (χ1) is 23.3. The Balaban J connectivity index is 1.49. The lowest BCUT2D eigenvalue weighted by Gasteiger charge is -2.41. The number of esters is 1. The Morgan fingerprint density at radius 2 is 1.63 bits per heavy atom. The molecule has 0 radical (unpaired) electrons. The highest BCUT2D eigenvalue weighted by atomic mass is 35.5. The Kier molecular flexibility index (Phi) is 15.6. The van der Waals surface area contributed by atoms with Crippen LogP contribution >= 0.6 is 11.6 Å². The summed E-state index contributed by atoms with van der Waals surface area (Å²) in [6.07, 6.45) is -1.22. The third kappa shape index (κ3) is 12.4. The van der Waals surface area contributed by atoms with Gasteiger partial charge in [0.1, 0.15) is 48.1 Å². The number of rotatable bonds is 17. The third-order valence-electron chi connectivity index (χ3n) is 7.74. The smallest absolute Gasteiger partial charge is 0.306 e. The molecule has 5 atom stereocenters. The molecular weight excluding hydrogens is 660 g/mol. The van der Waals surface area contributed by atoms with E-state index in [2.05, 4.69) is 10.6 Å². The van der Waals surface area contributed by atoms with Crippen molar-refractivity contribution in [1.82, 2.24) is 10.6 Å². The number of carbonyl (C=O) groups excluding carboxylic acids is 3. The molecular formula is C35H49ClN2O11. The minimum Gasteiger partial charge on any atom is -0.496 e. The molecule has 13 nitrogen and oxygen atoms in total. The van der Waals surface area contributed by atoms with Crippen molar-refractivity contribution in [3.63, 3.8) is 0 Å². The van der Waals surface area contributed by atoms with E-state index >= 15 is 0 Å². The van der Waals surface area contributed by atoms with E-state index < -0.39 is 48.8 Å². The first-order valence-electron chi connectivity index (χ1n) is 16.3. The molecule has 1 aliphatic rings. The number of benzene rings is 2. The zero-order valence-electron chi connectivity index (χ0n) is 28.7. The van der Waals surface area contributed by atoms with Gasteiger partial charge in [-0.3, -0.25) is 14.4 Å². The van der Waals surface area contributed by atoms with Crippen molar-refractivity contribution in [2.75, 3.05) is 20.8 Å². The molecule has 272 valence electrons. The average molecular weight is 709 g/mol. The minimum absolute atomic E-state index is 0.0409. The predicted octanol–water partition coefficient (Wildman–Crippen LogP) is 3.41. The summed E-state index contributed by atoms with van der Waals surface area (Å²) in [5.74, 6) is -0.523. The number of methoxy groups -OCH3 is 2. The van der Waals surface area contributed by atoms with E-state index in [1.165, 1.54) is 26.4 Å². The van der Waals surface area contributed by atoms with Crippen molar-refractivity contribution in [2.24, 2.45) is 0 Å². The summed E-state index contributed by atoms with van der Waals surface area (Å²) in [4.78, 5) is 37.4. The summed E-state index contributed by atoms with van der Waals surface area (Å²) < 4.78 is 27.4. The van der Waals surface area contributed by atoms with Crippen LogP contribution in [0.25, 0.3) is 0 Å². The van der Waals surface area contributed by atoms with Crippen LogP contribution in [0.2, 0.25) is 5.02 Å². The molecule has 1 saturated heterocycles. The highest BCUT2D eigenvalue weighted by molar-refractivity contribution is 6.32. The molecule has 0 bridgehead atoms.